The van der Waals surface area contributed by atoms with E-state index in [2.05, 4.69) is 4.90 Å². The number of nitrogens with zero attached hydrogens (tertiary/aromatic N) is 3. The summed E-state index contributed by atoms with van der Waals surface area (Å²) in [6, 6.07) is 20.3. The molecule has 0 N–H and O–H groups in total. The summed E-state index contributed by atoms with van der Waals surface area (Å²) in [4.78, 5) is 55.8. The second-order valence-corrected chi connectivity index (χ2v) is 10.7. The molecule has 10 heteroatoms. The second kappa shape index (κ2) is 12.9. The molecule has 0 bridgehead atoms. The van der Waals surface area contributed by atoms with Crippen LogP contribution in [0.25, 0.3) is 17.4 Å². The molecule has 0 atom stereocenters. The van der Waals surface area contributed by atoms with Crippen LogP contribution in [0.4, 0.5) is 10.5 Å². The van der Waals surface area contributed by atoms with Crippen molar-refractivity contribution in [2.45, 2.75) is 19.8 Å². The van der Waals surface area contributed by atoms with Gasteiger partial charge in [0.15, 0.2) is 0 Å². The van der Waals surface area contributed by atoms with Crippen molar-refractivity contribution >= 4 is 46.5 Å². The summed E-state index contributed by atoms with van der Waals surface area (Å²) in [6.45, 7) is 4.55. The number of carbonyl (C=O) groups is 4. The molecule has 9 nitrogen and oxygen atoms in total. The van der Waals surface area contributed by atoms with E-state index in [1.54, 1.807) is 41.3 Å². The molecule has 5 rings (SSSR count). The van der Waals surface area contributed by atoms with Crippen LogP contribution in [0.15, 0.2) is 76.1 Å². The molecular formula is C31H31N3O6S. The van der Waals surface area contributed by atoms with Crippen molar-refractivity contribution in [3.8, 4) is 11.3 Å². The van der Waals surface area contributed by atoms with Crippen LogP contribution < -0.4 is 4.90 Å². The first kappa shape index (κ1) is 28.2. The van der Waals surface area contributed by atoms with Gasteiger partial charge in [0.2, 0.25) is 5.91 Å². The number of anilines is 1. The van der Waals surface area contributed by atoms with Crippen LogP contribution in [0.5, 0.6) is 0 Å². The first-order valence-electron chi connectivity index (χ1n) is 13.6. The van der Waals surface area contributed by atoms with Crippen molar-refractivity contribution in [2.24, 2.45) is 0 Å². The van der Waals surface area contributed by atoms with Crippen molar-refractivity contribution in [1.29, 1.82) is 0 Å². The third-order valence-corrected chi connectivity index (χ3v) is 7.86. The van der Waals surface area contributed by atoms with Crippen LogP contribution >= 0.6 is 11.8 Å². The third-order valence-electron chi connectivity index (χ3n) is 6.96. The Morgan fingerprint density at radius 3 is 2.39 bits per heavy atom. The van der Waals surface area contributed by atoms with Crippen molar-refractivity contribution in [3.05, 3.63) is 83.0 Å². The molecule has 3 amide bonds. The summed E-state index contributed by atoms with van der Waals surface area (Å²) in [5, 5.41) is -0.481. The summed E-state index contributed by atoms with van der Waals surface area (Å²) in [7, 11) is 0. The van der Waals surface area contributed by atoms with E-state index in [0.29, 0.717) is 49.9 Å². The lowest BCUT2D eigenvalue weighted by Gasteiger charge is -2.36. The number of hydrogen-bond acceptors (Lipinski definition) is 8. The Labute approximate surface area is 242 Å². The highest BCUT2D eigenvalue weighted by molar-refractivity contribution is 8.18. The Hall–Kier alpha value is -4.31. The maximum Gasteiger partial charge on any atom is 0.338 e. The highest BCUT2D eigenvalue weighted by atomic mass is 32.2. The van der Waals surface area contributed by atoms with Gasteiger partial charge in [-0.15, -0.1) is 0 Å². The van der Waals surface area contributed by atoms with Gasteiger partial charge in [-0.2, -0.15) is 0 Å². The smallest absolute Gasteiger partial charge is 0.338 e. The van der Waals surface area contributed by atoms with Gasteiger partial charge in [-0.1, -0.05) is 43.7 Å². The van der Waals surface area contributed by atoms with Gasteiger partial charge < -0.3 is 19.0 Å². The molecule has 3 heterocycles. The number of thioether (sulfide) groups is 1. The monoisotopic (exact) mass is 573 g/mol. The summed E-state index contributed by atoms with van der Waals surface area (Å²) in [5.74, 6) is -0.184. The largest absolute Gasteiger partial charge is 0.462 e. The average Bonchev–Trinajstić information content (AvgIpc) is 3.58. The topological polar surface area (TPSA) is 100 Å². The van der Waals surface area contributed by atoms with E-state index in [-0.39, 0.29) is 23.3 Å². The molecule has 0 saturated carbocycles. The summed E-state index contributed by atoms with van der Waals surface area (Å²) in [6.07, 6.45) is 3.28. The number of amides is 3. The number of piperazine rings is 1. The lowest BCUT2D eigenvalue weighted by Crippen LogP contribution is -2.51. The number of furan rings is 1. The first-order chi connectivity index (χ1) is 19.9. The molecule has 212 valence electrons. The quantitative estimate of drug-likeness (QED) is 0.193. The van der Waals surface area contributed by atoms with E-state index < -0.39 is 11.1 Å². The molecule has 2 saturated heterocycles. The molecule has 2 aromatic carbocycles. The van der Waals surface area contributed by atoms with Crippen molar-refractivity contribution < 1.29 is 28.3 Å². The maximum absolute atomic E-state index is 13.0. The van der Waals surface area contributed by atoms with Crippen molar-refractivity contribution in [1.82, 2.24) is 9.80 Å². The fraction of sp³-hybridized carbons (Fsp3) is 0.290. The van der Waals surface area contributed by atoms with E-state index >= 15 is 0 Å². The minimum Gasteiger partial charge on any atom is -0.462 e. The Morgan fingerprint density at radius 1 is 0.951 bits per heavy atom. The Kier molecular flexibility index (Phi) is 8.88. The average molecular weight is 574 g/mol. The highest BCUT2D eigenvalue weighted by Gasteiger charge is 2.37. The van der Waals surface area contributed by atoms with Crippen LogP contribution in [0, 0.1) is 0 Å². The van der Waals surface area contributed by atoms with E-state index in [1.165, 1.54) is 6.08 Å². The van der Waals surface area contributed by atoms with Gasteiger partial charge in [-0.05, 0) is 54.6 Å². The summed E-state index contributed by atoms with van der Waals surface area (Å²) >= 11 is 0.789. The third kappa shape index (κ3) is 6.71. The number of unbranched alkanes of at least 4 members (excludes halogenated alkanes) is 1. The number of para-hydroxylation sites is 1. The van der Waals surface area contributed by atoms with Gasteiger partial charge in [0, 0.05) is 43.5 Å². The standard InChI is InChI=1S/C31H31N3O6S/c1-2-3-19-39-30(37)23-11-9-22(10-12-23)26-14-13-25(40-26)20-27-29(36)34(31(38)41-27)21-28(35)33-17-15-32(16-18-33)24-7-5-4-6-8-24/h4-14,20H,2-3,15-19,21H2,1H3/b27-20+. The number of imide groups is 1. The van der Waals surface area contributed by atoms with Crippen LogP contribution in [-0.2, 0) is 14.3 Å². The molecule has 2 aliphatic rings. The maximum atomic E-state index is 13.0. The predicted molar refractivity (Wildman–Crippen MR) is 157 cm³/mol. The van der Waals surface area contributed by atoms with Crippen LogP contribution in [-0.4, -0.2) is 72.2 Å². The van der Waals surface area contributed by atoms with E-state index in [4.69, 9.17) is 9.15 Å². The molecule has 3 aromatic rings. The van der Waals surface area contributed by atoms with Crippen LogP contribution in [0.3, 0.4) is 0 Å². The molecular weight excluding hydrogens is 542 g/mol. The van der Waals surface area contributed by atoms with Gasteiger partial charge in [0.05, 0.1) is 17.1 Å². The number of ether oxygens (including phenoxy) is 1. The fourth-order valence-electron chi connectivity index (χ4n) is 4.60. The number of rotatable bonds is 9. The van der Waals surface area contributed by atoms with Gasteiger partial charge in [0.25, 0.3) is 11.1 Å². The number of carbonyl (C=O) groups excluding carboxylic acids is 4. The molecule has 0 aliphatic carbocycles. The van der Waals surface area contributed by atoms with E-state index in [0.717, 1.165) is 40.8 Å². The number of benzene rings is 2. The molecule has 41 heavy (non-hydrogen) atoms. The van der Waals surface area contributed by atoms with Crippen molar-refractivity contribution in [2.75, 3.05) is 44.2 Å². The zero-order valence-corrected chi connectivity index (χ0v) is 23.6. The minimum absolute atomic E-state index is 0.197. The van der Waals surface area contributed by atoms with E-state index in [9.17, 15) is 19.2 Å². The molecule has 1 aromatic heterocycles. The van der Waals surface area contributed by atoms with Gasteiger partial charge in [-0.25, -0.2) is 4.79 Å². The Bertz CT molecular complexity index is 1440. The first-order valence-corrected chi connectivity index (χ1v) is 14.4. The molecule has 0 spiro atoms. The normalized spacial score (nSPS) is 16.5. The molecule has 0 unspecified atom stereocenters. The Morgan fingerprint density at radius 2 is 1.68 bits per heavy atom. The van der Waals surface area contributed by atoms with Gasteiger partial charge in [0.1, 0.15) is 18.1 Å². The molecule has 2 fully saturated rings. The minimum atomic E-state index is -0.514. The Balaban J connectivity index is 1.17. The lowest BCUT2D eigenvalue weighted by atomic mass is 10.1. The molecule has 0 radical (unpaired) electrons. The fourth-order valence-corrected chi connectivity index (χ4v) is 5.42. The second-order valence-electron chi connectivity index (χ2n) is 9.74. The van der Waals surface area contributed by atoms with E-state index in [1.807, 2.05) is 37.3 Å². The number of hydrogen-bond donors (Lipinski definition) is 0. The zero-order chi connectivity index (χ0) is 28.8. The lowest BCUT2D eigenvalue weighted by molar-refractivity contribution is -0.136. The summed E-state index contributed by atoms with van der Waals surface area (Å²) < 4.78 is 11.1. The summed E-state index contributed by atoms with van der Waals surface area (Å²) in [5.41, 5.74) is 2.31. The zero-order valence-electron chi connectivity index (χ0n) is 22.8. The van der Waals surface area contributed by atoms with Gasteiger partial charge >= 0.3 is 5.97 Å². The molecule has 2 aliphatic heterocycles. The van der Waals surface area contributed by atoms with Crippen LogP contribution in [0.1, 0.15) is 35.9 Å². The highest BCUT2D eigenvalue weighted by Crippen LogP contribution is 2.33. The van der Waals surface area contributed by atoms with Crippen LogP contribution in [0.2, 0.25) is 0 Å². The van der Waals surface area contributed by atoms with Gasteiger partial charge in [-0.3, -0.25) is 19.3 Å². The predicted octanol–water partition coefficient (Wildman–Crippen LogP) is 5.29. The SMILES string of the molecule is CCCCOC(=O)c1ccc(-c2ccc(/C=C3/SC(=O)N(CC(=O)N4CCN(c5ccccc5)CC4)C3=O)o2)cc1. The van der Waals surface area contributed by atoms with Crippen molar-refractivity contribution in [3.63, 3.8) is 0 Å². The number of esters is 1.